The lowest BCUT2D eigenvalue weighted by molar-refractivity contribution is -0.149. The molecule has 0 saturated carbocycles. The van der Waals surface area contributed by atoms with Gasteiger partial charge in [-0.05, 0) is 55.7 Å². The summed E-state index contributed by atoms with van der Waals surface area (Å²) in [6.07, 6.45) is 1.22. The molecule has 0 spiro atoms. The molecular weight excluding hydrogens is 378 g/mol. The van der Waals surface area contributed by atoms with Gasteiger partial charge in [0, 0.05) is 31.5 Å². The van der Waals surface area contributed by atoms with E-state index in [9.17, 15) is 14.9 Å². The highest BCUT2D eigenvalue weighted by Crippen LogP contribution is 2.32. The number of para-hydroxylation sites is 1. The number of anilines is 2. The van der Waals surface area contributed by atoms with Crippen LogP contribution in [0.1, 0.15) is 25.0 Å². The highest BCUT2D eigenvalue weighted by molar-refractivity contribution is 6.03. The summed E-state index contributed by atoms with van der Waals surface area (Å²) < 4.78 is 5.35. The topological polar surface area (TPSA) is 73.6 Å². The lowest BCUT2D eigenvalue weighted by atomic mass is 10.1. The molecule has 30 heavy (non-hydrogen) atoms. The number of amides is 1. The molecule has 0 aliphatic carbocycles. The van der Waals surface area contributed by atoms with Crippen molar-refractivity contribution in [2.45, 2.75) is 32.4 Å². The second kappa shape index (κ2) is 8.83. The number of carbonyl (C=O) groups is 2. The number of esters is 1. The number of ether oxygens (including phenoxy) is 1. The Hall–Kier alpha value is -3.59. The summed E-state index contributed by atoms with van der Waals surface area (Å²) in [6.45, 7) is 3.50. The maximum Gasteiger partial charge on any atom is 0.349 e. The van der Waals surface area contributed by atoms with Crippen LogP contribution in [0, 0.1) is 11.3 Å². The average Bonchev–Trinajstić information content (AvgIpc) is 3.07. The quantitative estimate of drug-likeness (QED) is 0.433. The zero-order chi connectivity index (χ0) is 21.8. The van der Waals surface area contributed by atoms with Crippen LogP contribution >= 0.6 is 0 Å². The fraction of sp³-hybridized carbons (Fsp3) is 0.292. The van der Waals surface area contributed by atoms with E-state index >= 15 is 0 Å². The Kier molecular flexibility index (Phi) is 6.22. The molecule has 0 radical (unpaired) electrons. The second-order valence-corrected chi connectivity index (χ2v) is 7.59. The van der Waals surface area contributed by atoms with E-state index in [2.05, 4.69) is 0 Å². The lowest BCUT2D eigenvalue weighted by Gasteiger charge is -2.25. The molecule has 1 amide bonds. The van der Waals surface area contributed by atoms with Gasteiger partial charge in [-0.3, -0.25) is 4.79 Å². The molecule has 0 aromatic heterocycles. The third-order valence-electron chi connectivity index (χ3n) is 5.14. The molecule has 0 bridgehead atoms. The predicted molar refractivity (Wildman–Crippen MR) is 117 cm³/mol. The van der Waals surface area contributed by atoms with Gasteiger partial charge < -0.3 is 14.5 Å². The summed E-state index contributed by atoms with van der Waals surface area (Å²) in [7, 11) is 3.86. The van der Waals surface area contributed by atoms with E-state index in [1.165, 1.54) is 13.0 Å². The highest BCUT2D eigenvalue weighted by atomic mass is 16.5. The molecule has 1 heterocycles. The number of carbonyl (C=O) groups excluding carboxylic acids is 2. The van der Waals surface area contributed by atoms with Gasteiger partial charge in [-0.25, -0.2) is 4.79 Å². The number of hydrogen-bond donors (Lipinski definition) is 0. The van der Waals surface area contributed by atoms with Crippen molar-refractivity contribution in [3.8, 4) is 6.07 Å². The lowest BCUT2D eigenvalue weighted by Crippen LogP contribution is -2.43. The predicted octanol–water partition coefficient (Wildman–Crippen LogP) is 3.57. The summed E-state index contributed by atoms with van der Waals surface area (Å²) in [6, 6.07) is 17.0. The van der Waals surface area contributed by atoms with Crippen LogP contribution < -0.4 is 9.80 Å². The molecule has 6 heteroatoms. The van der Waals surface area contributed by atoms with Gasteiger partial charge in [0.15, 0.2) is 6.10 Å². The Morgan fingerprint density at radius 1 is 1.20 bits per heavy atom. The van der Waals surface area contributed by atoms with E-state index in [0.717, 1.165) is 23.4 Å². The monoisotopic (exact) mass is 403 g/mol. The van der Waals surface area contributed by atoms with Crippen molar-refractivity contribution in [3.63, 3.8) is 0 Å². The summed E-state index contributed by atoms with van der Waals surface area (Å²) in [5.74, 6) is -1.11. The molecular formula is C24H25N3O3. The fourth-order valence-electron chi connectivity index (χ4n) is 3.54. The molecule has 2 atom stereocenters. The molecule has 154 valence electrons. The van der Waals surface area contributed by atoms with Gasteiger partial charge in [-0.1, -0.05) is 30.3 Å². The Morgan fingerprint density at radius 2 is 1.87 bits per heavy atom. The van der Waals surface area contributed by atoms with Crippen LogP contribution in [0.3, 0.4) is 0 Å². The molecule has 1 aliphatic heterocycles. The first-order chi connectivity index (χ1) is 14.3. The first-order valence-electron chi connectivity index (χ1n) is 9.83. The number of fused-ring (bicyclic) bond motifs is 1. The second-order valence-electron chi connectivity index (χ2n) is 7.59. The van der Waals surface area contributed by atoms with Gasteiger partial charge in [-0.2, -0.15) is 5.26 Å². The minimum Gasteiger partial charge on any atom is -0.448 e. The van der Waals surface area contributed by atoms with Crippen LogP contribution in [0.4, 0.5) is 11.4 Å². The molecule has 0 fully saturated rings. The minimum absolute atomic E-state index is 0.0164. The average molecular weight is 403 g/mol. The smallest absolute Gasteiger partial charge is 0.349 e. The number of rotatable bonds is 5. The van der Waals surface area contributed by atoms with Crippen molar-refractivity contribution in [2.24, 2.45) is 0 Å². The number of hydrogen-bond acceptors (Lipinski definition) is 5. The first kappa shape index (κ1) is 21.1. The van der Waals surface area contributed by atoms with Gasteiger partial charge in [0.25, 0.3) is 5.91 Å². The Labute approximate surface area is 177 Å². The van der Waals surface area contributed by atoms with Crippen molar-refractivity contribution in [1.82, 2.24) is 0 Å². The standard InChI is InChI=1S/C24H25N3O3/c1-16-13-19-7-5-6-8-22(19)27(16)23(28)17(2)30-24(29)20(15-25)14-18-9-11-21(12-10-18)26(3)4/h5-12,14,16-17H,13H2,1-4H3/b20-14+/t16-,17+/m1/s1. The maximum absolute atomic E-state index is 13.0. The van der Waals surface area contributed by atoms with E-state index in [1.54, 1.807) is 4.90 Å². The normalized spacial score (nSPS) is 16.4. The van der Waals surface area contributed by atoms with E-state index in [0.29, 0.717) is 5.56 Å². The minimum atomic E-state index is -1.00. The van der Waals surface area contributed by atoms with E-state index in [-0.39, 0.29) is 17.5 Å². The third kappa shape index (κ3) is 4.36. The van der Waals surface area contributed by atoms with E-state index in [1.807, 2.05) is 80.5 Å². The van der Waals surface area contributed by atoms with E-state index in [4.69, 9.17) is 4.74 Å². The van der Waals surface area contributed by atoms with Gasteiger partial charge in [0.2, 0.25) is 0 Å². The van der Waals surface area contributed by atoms with Crippen LogP contribution in [-0.2, 0) is 20.7 Å². The van der Waals surface area contributed by atoms with Crippen LogP contribution in [0.25, 0.3) is 6.08 Å². The molecule has 0 N–H and O–H groups in total. The zero-order valence-electron chi connectivity index (χ0n) is 17.6. The Morgan fingerprint density at radius 3 is 2.50 bits per heavy atom. The molecule has 6 nitrogen and oxygen atoms in total. The van der Waals surface area contributed by atoms with Gasteiger partial charge >= 0.3 is 5.97 Å². The number of benzene rings is 2. The summed E-state index contributed by atoms with van der Waals surface area (Å²) in [5.41, 5.74) is 3.50. The largest absolute Gasteiger partial charge is 0.448 e. The van der Waals surface area contributed by atoms with Crippen molar-refractivity contribution < 1.29 is 14.3 Å². The van der Waals surface area contributed by atoms with E-state index < -0.39 is 12.1 Å². The number of nitriles is 1. The zero-order valence-corrected chi connectivity index (χ0v) is 17.6. The summed E-state index contributed by atoms with van der Waals surface area (Å²) in [4.78, 5) is 29.1. The molecule has 2 aromatic rings. The van der Waals surface area contributed by atoms with Crippen molar-refractivity contribution >= 4 is 29.3 Å². The SMILES string of the molecule is C[C@H](OC(=O)/C(C#N)=C/c1ccc(N(C)C)cc1)C(=O)N1c2ccccc2C[C@H]1C. The number of nitrogens with zero attached hydrogens (tertiary/aromatic N) is 3. The van der Waals surface area contributed by atoms with Crippen molar-refractivity contribution in [3.05, 3.63) is 65.2 Å². The first-order valence-corrected chi connectivity index (χ1v) is 9.83. The fourth-order valence-corrected chi connectivity index (χ4v) is 3.54. The Balaban J connectivity index is 1.72. The van der Waals surface area contributed by atoms with Crippen LogP contribution in [-0.4, -0.2) is 38.1 Å². The van der Waals surface area contributed by atoms with Crippen molar-refractivity contribution in [1.29, 1.82) is 5.26 Å². The molecule has 3 rings (SSSR count). The molecule has 2 aromatic carbocycles. The van der Waals surface area contributed by atoms with Crippen LogP contribution in [0.2, 0.25) is 0 Å². The van der Waals surface area contributed by atoms with Crippen molar-refractivity contribution in [2.75, 3.05) is 23.9 Å². The third-order valence-corrected chi connectivity index (χ3v) is 5.14. The highest BCUT2D eigenvalue weighted by Gasteiger charge is 2.34. The molecule has 1 aliphatic rings. The van der Waals surface area contributed by atoms with Crippen LogP contribution in [0.5, 0.6) is 0 Å². The Bertz CT molecular complexity index is 1020. The summed E-state index contributed by atoms with van der Waals surface area (Å²) in [5, 5.41) is 9.41. The van der Waals surface area contributed by atoms with Crippen LogP contribution in [0.15, 0.2) is 54.1 Å². The van der Waals surface area contributed by atoms with Gasteiger partial charge in [-0.15, -0.1) is 0 Å². The maximum atomic E-state index is 13.0. The molecule has 0 saturated heterocycles. The van der Waals surface area contributed by atoms with Gasteiger partial charge in [0.05, 0.1) is 0 Å². The summed E-state index contributed by atoms with van der Waals surface area (Å²) >= 11 is 0. The molecule has 0 unspecified atom stereocenters. The van der Waals surface area contributed by atoms with Gasteiger partial charge in [0.1, 0.15) is 11.6 Å².